The van der Waals surface area contributed by atoms with Gasteiger partial charge in [0.25, 0.3) is 0 Å². The molecule has 0 radical (unpaired) electrons. The van der Waals surface area contributed by atoms with Gasteiger partial charge >= 0.3 is 0 Å². The first-order chi connectivity index (χ1) is 12.6. The summed E-state index contributed by atoms with van der Waals surface area (Å²) >= 11 is 1.80. The molecule has 27 heavy (non-hydrogen) atoms. The fourth-order valence-corrected chi connectivity index (χ4v) is 4.70. The number of hydrogen-bond donors (Lipinski definition) is 2. The lowest BCUT2D eigenvalue weighted by Crippen LogP contribution is -2.40. The highest BCUT2D eigenvalue weighted by Crippen LogP contribution is 2.23. The fourth-order valence-electron chi connectivity index (χ4n) is 2.91. The third-order valence-electron chi connectivity index (χ3n) is 4.40. The van der Waals surface area contributed by atoms with Gasteiger partial charge in [-0.25, -0.2) is 8.42 Å². The molecule has 0 spiro atoms. The summed E-state index contributed by atoms with van der Waals surface area (Å²) in [7, 11) is -3.37. The second-order valence-corrected chi connectivity index (χ2v) is 9.22. The van der Waals surface area contributed by atoms with Crippen LogP contribution in [0.3, 0.4) is 0 Å². The predicted molar refractivity (Wildman–Crippen MR) is 126 cm³/mol. The summed E-state index contributed by atoms with van der Waals surface area (Å²) in [6.07, 6.45) is 3.78. The zero-order chi connectivity index (χ0) is 18.8. The second-order valence-electron chi connectivity index (χ2n) is 6.30. The lowest BCUT2D eigenvalue weighted by molar-refractivity contribution is 0.278. The van der Waals surface area contributed by atoms with E-state index in [0.717, 1.165) is 44.2 Å². The summed E-state index contributed by atoms with van der Waals surface area (Å²) in [6, 6.07) is 8.68. The SMILES string of the molecule is CCNC(=NCC1CCN(S(=O)(=O)c2ccccc2)CC1)NCCSC.I. The van der Waals surface area contributed by atoms with Gasteiger partial charge in [-0.05, 0) is 44.1 Å². The van der Waals surface area contributed by atoms with Gasteiger partial charge in [0.2, 0.25) is 10.0 Å². The monoisotopic (exact) mass is 526 g/mol. The van der Waals surface area contributed by atoms with E-state index in [-0.39, 0.29) is 24.0 Å². The third-order valence-corrected chi connectivity index (χ3v) is 6.93. The van der Waals surface area contributed by atoms with Crippen molar-refractivity contribution in [3.63, 3.8) is 0 Å². The lowest BCUT2D eigenvalue weighted by Gasteiger charge is -2.30. The van der Waals surface area contributed by atoms with Crippen LogP contribution in [0.25, 0.3) is 0 Å². The Balaban J connectivity index is 0.00000364. The number of nitrogens with one attached hydrogen (secondary N) is 2. The Morgan fingerprint density at radius 3 is 2.48 bits per heavy atom. The van der Waals surface area contributed by atoms with Crippen molar-refractivity contribution in [3.8, 4) is 0 Å². The summed E-state index contributed by atoms with van der Waals surface area (Å²) in [4.78, 5) is 5.05. The highest BCUT2D eigenvalue weighted by Gasteiger charge is 2.29. The molecule has 1 aliphatic rings. The normalized spacial score (nSPS) is 16.6. The van der Waals surface area contributed by atoms with E-state index < -0.39 is 10.0 Å². The van der Waals surface area contributed by atoms with Crippen molar-refractivity contribution in [1.82, 2.24) is 14.9 Å². The van der Waals surface area contributed by atoms with Gasteiger partial charge in [0.05, 0.1) is 4.90 Å². The summed E-state index contributed by atoms with van der Waals surface area (Å²) in [5, 5.41) is 6.59. The summed E-state index contributed by atoms with van der Waals surface area (Å²) in [5.41, 5.74) is 0. The van der Waals surface area contributed by atoms with E-state index in [1.54, 1.807) is 40.3 Å². The van der Waals surface area contributed by atoms with E-state index in [9.17, 15) is 8.42 Å². The van der Waals surface area contributed by atoms with Crippen LogP contribution in [0, 0.1) is 5.92 Å². The van der Waals surface area contributed by atoms with Gasteiger partial charge in [-0.1, -0.05) is 18.2 Å². The molecule has 0 atom stereocenters. The summed E-state index contributed by atoms with van der Waals surface area (Å²) in [5.74, 6) is 2.31. The van der Waals surface area contributed by atoms with Gasteiger partial charge in [-0.3, -0.25) is 4.99 Å². The quantitative estimate of drug-likeness (QED) is 0.236. The third kappa shape index (κ3) is 7.78. The van der Waals surface area contributed by atoms with E-state index in [1.807, 2.05) is 6.07 Å². The molecule has 0 unspecified atom stereocenters. The van der Waals surface area contributed by atoms with Crippen LogP contribution in [0.1, 0.15) is 19.8 Å². The van der Waals surface area contributed by atoms with Gasteiger partial charge in [0, 0.05) is 38.5 Å². The molecule has 2 rings (SSSR count). The van der Waals surface area contributed by atoms with Crippen LogP contribution < -0.4 is 10.6 Å². The maximum absolute atomic E-state index is 12.7. The molecule has 0 amide bonds. The number of rotatable bonds is 8. The zero-order valence-electron chi connectivity index (χ0n) is 16.1. The Kier molecular flexibility index (Phi) is 11.7. The van der Waals surface area contributed by atoms with Gasteiger partial charge in [0.15, 0.2) is 5.96 Å². The largest absolute Gasteiger partial charge is 0.357 e. The standard InChI is InChI=1S/C18H30N4O2S2.HI/c1-3-19-18(20-11-14-25-2)21-15-16-9-12-22(13-10-16)26(23,24)17-7-5-4-6-8-17;/h4-8,16H,3,9-15H2,1-2H3,(H2,19,20,21);1H. The number of piperidine rings is 1. The number of guanidine groups is 1. The molecule has 0 aliphatic carbocycles. The van der Waals surface area contributed by atoms with E-state index in [2.05, 4.69) is 28.8 Å². The Morgan fingerprint density at radius 2 is 1.89 bits per heavy atom. The number of nitrogens with zero attached hydrogens (tertiary/aromatic N) is 2. The molecular formula is C18H31IN4O2S2. The predicted octanol–water partition coefficient (Wildman–Crippen LogP) is 2.62. The zero-order valence-corrected chi connectivity index (χ0v) is 20.0. The number of halogens is 1. The molecule has 0 saturated carbocycles. The number of benzene rings is 1. The van der Waals surface area contributed by atoms with Gasteiger partial charge in [-0.15, -0.1) is 24.0 Å². The average molecular weight is 527 g/mol. The Bertz CT molecular complexity index is 663. The highest BCUT2D eigenvalue weighted by atomic mass is 127. The number of aliphatic imine (C=N–C) groups is 1. The molecule has 0 bridgehead atoms. The Morgan fingerprint density at radius 1 is 1.22 bits per heavy atom. The smallest absolute Gasteiger partial charge is 0.243 e. The van der Waals surface area contributed by atoms with E-state index in [1.165, 1.54) is 0 Å². The second kappa shape index (κ2) is 12.8. The summed E-state index contributed by atoms with van der Waals surface area (Å²) < 4.78 is 26.9. The molecule has 1 aromatic rings. The Labute approximate surface area is 185 Å². The molecule has 6 nitrogen and oxygen atoms in total. The van der Waals surface area contributed by atoms with Crippen molar-refractivity contribution in [2.24, 2.45) is 10.9 Å². The highest BCUT2D eigenvalue weighted by molar-refractivity contribution is 14.0. The molecule has 0 aromatic heterocycles. The van der Waals surface area contributed by atoms with Crippen LogP contribution in [0.4, 0.5) is 0 Å². The topological polar surface area (TPSA) is 73.8 Å². The number of hydrogen-bond acceptors (Lipinski definition) is 4. The first kappa shape index (κ1) is 24.5. The fraction of sp³-hybridized carbons (Fsp3) is 0.611. The van der Waals surface area contributed by atoms with Crippen molar-refractivity contribution in [2.75, 3.05) is 44.7 Å². The molecule has 2 N–H and O–H groups in total. The van der Waals surface area contributed by atoms with E-state index >= 15 is 0 Å². The molecule has 1 fully saturated rings. The number of thioether (sulfide) groups is 1. The minimum atomic E-state index is -3.37. The minimum Gasteiger partial charge on any atom is -0.357 e. The van der Waals surface area contributed by atoms with Gasteiger partial charge in [0.1, 0.15) is 0 Å². The van der Waals surface area contributed by atoms with Crippen LogP contribution in [0.15, 0.2) is 40.2 Å². The molecule has 1 heterocycles. The maximum atomic E-state index is 12.7. The van der Waals surface area contributed by atoms with Crippen molar-refractivity contribution < 1.29 is 8.42 Å². The van der Waals surface area contributed by atoms with Crippen LogP contribution in [0.5, 0.6) is 0 Å². The van der Waals surface area contributed by atoms with Crippen molar-refractivity contribution in [1.29, 1.82) is 0 Å². The maximum Gasteiger partial charge on any atom is 0.243 e. The lowest BCUT2D eigenvalue weighted by atomic mass is 9.98. The van der Waals surface area contributed by atoms with Gasteiger partial charge < -0.3 is 10.6 Å². The van der Waals surface area contributed by atoms with Crippen LogP contribution in [0.2, 0.25) is 0 Å². The van der Waals surface area contributed by atoms with Crippen LogP contribution >= 0.6 is 35.7 Å². The van der Waals surface area contributed by atoms with E-state index in [4.69, 9.17) is 0 Å². The van der Waals surface area contributed by atoms with Gasteiger partial charge in [-0.2, -0.15) is 16.1 Å². The van der Waals surface area contributed by atoms with E-state index in [0.29, 0.717) is 23.9 Å². The molecule has 9 heteroatoms. The van der Waals surface area contributed by atoms with Crippen LogP contribution in [-0.4, -0.2) is 63.4 Å². The molecule has 1 saturated heterocycles. The minimum absolute atomic E-state index is 0. The van der Waals surface area contributed by atoms with Crippen LogP contribution in [-0.2, 0) is 10.0 Å². The average Bonchev–Trinajstić information content (AvgIpc) is 2.67. The van der Waals surface area contributed by atoms with Crippen molar-refractivity contribution in [2.45, 2.75) is 24.7 Å². The first-order valence-electron chi connectivity index (χ1n) is 9.14. The first-order valence-corrected chi connectivity index (χ1v) is 12.0. The van der Waals surface area contributed by atoms with Crippen molar-refractivity contribution >= 4 is 51.7 Å². The molecule has 154 valence electrons. The number of sulfonamides is 1. The molecule has 1 aliphatic heterocycles. The summed E-state index contributed by atoms with van der Waals surface area (Å²) in [6.45, 7) is 5.63. The van der Waals surface area contributed by atoms with Crippen molar-refractivity contribution in [3.05, 3.63) is 30.3 Å². The Hall–Kier alpha value is -0.520. The molecular weight excluding hydrogens is 495 g/mol. The molecule has 1 aromatic carbocycles.